The zero-order valence-electron chi connectivity index (χ0n) is 13.6. The highest BCUT2D eigenvalue weighted by Crippen LogP contribution is 2.29. The number of hydrogen-bond donors (Lipinski definition) is 1. The van der Waals surface area contributed by atoms with Crippen LogP contribution in [0.5, 0.6) is 0 Å². The van der Waals surface area contributed by atoms with E-state index in [1.54, 1.807) is 0 Å². The van der Waals surface area contributed by atoms with Crippen molar-refractivity contribution in [2.75, 3.05) is 25.0 Å². The molecule has 1 aromatic carbocycles. The number of para-hydroxylation sites is 1. The van der Waals surface area contributed by atoms with Crippen LogP contribution >= 0.6 is 0 Å². The van der Waals surface area contributed by atoms with Crippen molar-refractivity contribution in [3.05, 3.63) is 29.3 Å². The minimum atomic E-state index is 0.119. The Balaban J connectivity index is 1.96. The summed E-state index contributed by atoms with van der Waals surface area (Å²) >= 11 is 0. The van der Waals surface area contributed by atoms with Gasteiger partial charge >= 0.3 is 0 Å². The van der Waals surface area contributed by atoms with Crippen LogP contribution in [0.1, 0.15) is 44.2 Å². The van der Waals surface area contributed by atoms with E-state index in [0.29, 0.717) is 6.54 Å². The lowest BCUT2D eigenvalue weighted by molar-refractivity contribution is -0.117. The molecule has 1 saturated carbocycles. The number of nitrogens with one attached hydrogen (secondary N) is 1. The molecule has 2 rings (SSSR count). The summed E-state index contributed by atoms with van der Waals surface area (Å²) in [7, 11) is 0. The molecule has 1 amide bonds. The Bertz CT molecular complexity index is 480. The average molecular weight is 288 g/mol. The maximum Gasteiger partial charge on any atom is 0.238 e. The second-order valence-corrected chi connectivity index (χ2v) is 6.19. The van der Waals surface area contributed by atoms with Crippen LogP contribution in [0.3, 0.4) is 0 Å². The number of aryl methyl sites for hydroxylation is 2. The molecule has 1 aliphatic carbocycles. The molecule has 0 aromatic heterocycles. The monoisotopic (exact) mass is 288 g/mol. The van der Waals surface area contributed by atoms with Crippen LogP contribution in [0, 0.1) is 12.8 Å². The molecule has 3 heteroatoms. The molecule has 1 N–H and O–H groups in total. The SMILES string of the molecule is CCCN(CC(=O)Nc1c(C)cccc1CC)CC1CC1. The first-order valence-electron chi connectivity index (χ1n) is 8.24. The van der Waals surface area contributed by atoms with E-state index in [9.17, 15) is 4.79 Å². The second-order valence-electron chi connectivity index (χ2n) is 6.19. The minimum Gasteiger partial charge on any atom is -0.324 e. The van der Waals surface area contributed by atoms with Gasteiger partial charge in [-0.15, -0.1) is 0 Å². The van der Waals surface area contributed by atoms with Crippen LogP contribution in [0.15, 0.2) is 18.2 Å². The lowest BCUT2D eigenvalue weighted by atomic mass is 10.1. The summed E-state index contributed by atoms with van der Waals surface area (Å²) in [5, 5.41) is 3.13. The van der Waals surface area contributed by atoms with E-state index in [1.807, 2.05) is 0 Å². The lowest BCUT2D eigenvalue weighted by Gasteiger charge is -2.21. The van der Waals surface area contributed by atoms with E-state index in [1.165, 1.54) is 18.4 Å². The molecule has 1 aliphatic rings. The van der Waals surface area contributed by atoms with E-state index in [2.05, 4.69) is 49.2 Å². The summed E-state index contributed by atoms with van der Waals surface area (Å²) in [5.74, 6) is 0.946. The summed E-state index contributed by atoms with van der Waals surface area (Å²) in [6.07, 6.45) is 4.71. The summed E-state index contributed by atoms with van der Waals surface area (Å²) in [5.41, 5.74) is 3.37. The third kappa shape index (κ3) is 4.85. The maximum atomic E-state index is 12.4. The number of anilines is 1. The van der Waals surface area contributed by atoms with Gasteiger partial charge in [0.25, 0.3) is 0 Å². The van der Waals surface area contributed by atoms with Gasteiger partial charge in [-0.25, -0.2) is 0 Å². The third-order valence-electron chi connectivity index (χ3n) is 4.12. The highest BCUT2D eigenvalue weighted by molar-refractivity contribution is 5.93. The Kier molecular flexibility index (Phi) is 5.80. The van der Waals surface area contributed by atoms with Crippen molar-refractivity contribution < 1.29 is 4.79 Å². The smallest absolute Gasteiger partial charge is 0.238 e. The number of nitrogens with zero attached hydrogens (tertiary/aromatic N) is 1. The Hall–Kier alpha value is -1.35. The molecule has 0 saturated heterocycles. The van der Waals surface area contributed by atoms with E-state index in [0.717, 1.165) is 43.1 Å². The van der Waals surface area contributed by atoms with Crippen LogP contribution in [0.2, 0.25) is 0 Å². The molecule has 0 aliphatic heterocycles. The van der Waals surface area contributed by atoms with Crippen molar-refractivity contribution in [3.8, 4) is 0 Å². The van der Waals surface area contributed by atoms with Crippen LogP contribution in [0.25, 0.3) is 0 Å². The van der Waals surface area contributed by atoms with Gasteiger partial charge in [0.2, 0.25) is 5.91 Å². The number of rotatable bonds is 8. The van der Waals surface area contributed by atoms with Gasteiger partial charge in [-0.1, -0.05) is 32.0 Å². The lowest BCUT2D eigenvalue weighted by Crippen LogP contribution is -2.35. The molecule has 1 fully saturated rings. The molecule has 116 valence electrons. The molecule has 1 aromatic rings. The van der Waals surface area contributed by atoms with Crippen molar-refractivity contribution in [2.24, 2.45) is 5.92 Å². The normalized spacial score (nSPS) is 14.5. The van der Waals surface area contributed by atoms with Crippen molar-refractivity contribution in [2.45, 2.75) is 46.5 Å². The topological polar surface area (TPSA) is 32.3 Å². The number of amides is 1. The summed E-state index contributed by atoms with van der Waals surface area (Å²) in [6, 6.07) is 6.21. The van der Waals surface area contributed by atoms with Crippen molar-refractivity contribution >= 4 is 11.6 Å². The van der Waals surface area contributed by atoms with E-state index < -0.39 is 0 Å². The molecular weight excluding hydrogens is 260 g/mol. The minimum absolute atomic E-state index is 0.119. The van der Waals surface area contributed by atoms with E-state index >= 15 is 0 Å². The molecule has 0 atom stereocenters. The summed E-state index contributed by atoms with van der Waals surface area (Å²) in [4.78, 5) is 14.7. The van der Waals surface area contributed by atoms with Crippen LogP contribution in [-0.4, -0.2) is 30.4 Å². The predicted octanol–water partition coefficient (Wildman–Crippen LogP) is 3.62. The third-order valence-corrected chi connectivity index (χ3v) is 4.12. The van der Waals surface area contributed by atoms with Gasteiger partial charge in [0.1, 0.15) is 0 Å². The number of carbonyl (C=O) groups excluding carboxylic acids is 1. The van der Waals surface area contributed by atoms with Crippen LogP contribution in [0.4, 0.5) is 5.69 Å². The number of carbonyl (C=O) groups is 1. The van der Waals surface area contributed by atoms with Gasteiger partial charge < -0.3 is 5.32 Å². The molecule has 0 unspecified atom stereocenters. The van der Waals surface area contributed by atoms with Gasteiger partial charge in [-0.05, 0) is 56.2 Å². The molecule has 0 heterocycles. The molecule has 0 radical (unpaired) electrons. The fraction of sp³-hybridized carbons (Fsp3) is 0.611. The first kappa shape index (κ1) is 16.0. The van der Waals surface area contributed by atoms with Crippen LogP contribution < -0.4 is 5.32 Å². The second kappa shape index (κ2) is 7.60. The predicted molar refractivity (Wildman–Crippen MR) is 88.6 cm³/mol. The fourth-order valence-electron chi connectivity index (χ4n) is 2.80. The van der Waals surface area contributed by atoms with Gasteiger partial charge in [-0.3, -0.25) is 9.69 Å². The summed E-state index contributed by atoms with van der Waals surface area (Å²) < 4.78 is 0. The Morgan fingerprint density at radius 3 is 2.71 bits per heavy atom. The Morgan fingerprint density at radius 1 is 1.33 bits per heavy atom. The first-order valence-corrected chi connectivity index (χ1v) is 8.24. The molecular formula is C18H28N2O. The first-order chi connectivity index (χ1) is 10.1. The fourth-order valence-corrected chi connectivity index (χ4v) is 2.80. The highest BCUT2D eigenvalue weighted by atomic mass is 16.2. The zero-order valence-corrected chi connectivity index (χ0v) is 13.6. The van der Waals surface area contributed by atoms with Gasteiger partial charge in [0, 0.05) is 12.2 Å². The standard InChI is InChI=1S/C18H28N2O/c1-4-11-20(12-15-9-10-15)13-17(21)19-18-14(3)7-6-8-16(18)5-2/h6-8,15H,4-5,9-13H2,1-3H3,(H,19,21). The van der Waals surface area contributed by atoms with Gasteiger partial charge in [0.05, 0.1) is 6.54 Å². The van der Waals surface area contributed by atoms with Crippen molar-refractivity contribution in [1.82, 2.24) is 4.90 Å². The Morgan fingerprint density at radius 2 is 2.10 bits per heavy atom. The molecule has 0 spiro atoms. The highest BCUT2D eigenvalue weighted by Gasteiger charge is 2.25. The average Bonchev–Trinajstić information content (AvgIpc) is 3.25. The zero-order chi connectivity index (χ0) is 15.2. The van der Waals surface area contributed by atoms with E-state index in [-0.39, 0.29) is 5.91 Å². The van der Waals surface area contributed by atoms with E-state index in [4.69, 9.17) is 0 Å². The largest absolute Gasteiger partial charge is 0.324 e. The number of hydrogen-bond acceptors (Lipinski definition) is 2. The maximum absolute atomic E-state index is 12.4. The molecule has 3 nitrogen and oxygen atoms in total. The van der Waals surface area contributed by atoms with Gasteiger partial charge in [0.15, 0.2) is 0 Å². The Labute approximate surface area is 128 Å². The van der Waals surface area contributed by atoms with Crippen molar-refractivity contribution in [3.63, 3.8) is 0 Å². The summed E-state index contributed by atoms with van der Waals surface area (Å²) in [6.45, 7) is 8.97. The molecule has 0 bridgehead atoms. The van der Waals surface area contributed by atoms with Crippen LogP contribution in [-0.2, 0) is 11.2 Å². The van der Waals surface area contributed by atoms with Gasteiger partial charge in [-0.2, -0.15) is 0 Å². The quantitative estimate of drug-likeness (QED) is 0.792. The molecule has 21 heavy (non-hydrogen) atoms. The number of benzene rings is 1. The van der Waals surface area contributed by atoms with Crippen molar-refractivity contribution in [1.29, 1.82) is 0 Å².